The molecule has 20 heavy (non-hydrogen) atoms. The number of aryl methyl sites for hydroxylation is 1. The van der Waals surface area contributed by atoms with Gasteiger partial charge in [-0.2, -0.15) is 0 Å². The van der Waals surface area contributed by atoms with Gasteiger partial charge in [0.25, 0.3) is 10.0 Å². The number of hydrogen-bond donors (Lipinski definition) is 3. The predicted molar refractivity (Wildman–Crippen MR) is 82.9 cm³/mol. The molecule has 0 spiro atoms. The summed E-state index contributed by atoms with van der Waals surface area (Å²) in [7, 11) is -3.70. The van der Waals surface area contributed by atoms with Crippen molar-refractivity contribution >= 4 is 32.6 Å². The zero-order valence-corrected chi connectivity index (χ0v) is 13.9. The molecule has 1 aliphatic heterocycles. The molecule has 0 bridgehead atoms. The molecular weight excluding hydrogens is 395 g/mol. The first-order valence-electron chi connectivity index (χ1n) is 6.13. The fourth-order valence-corrected chi connectivity index (χ4v) is 4.20. The van der Waals surface area contributed by atoms with Crippen LogP contribution in [-0.4, -0.2) is 52.9 Å². The van der Waals surface area contributed by atoms with Crippen molar-refractivity contribution in [2.45, 2.75) is 30.1 Å². The van der Waals surface area contributed by atoms with Crippen LogP contribution in [0, 0.1) is 6.92 Å². The van der Waals surface area contributed by atoms with Gasteiger partial charge in [-0.25, -0.2) is 13.4 Å². The van der Waals surface area contributed by atoms with E-state index in [4.69, 9.17) is 0 Å². The van der Waals surface area contributed by atoms with Gasteiger partial charge in [-0.3, -0.25) is 0 Å². The minimum atomic E-state index is -3.70. The van der Waals surface area contributed by atoms with Crippen LogP contribution in [0.25, 0.3) is 0 Å². The Hall–Kier alpha value is -0.260. The molecule has 0 radical (unpaired) electrons. The minimum absolute atomic E-state index is 0.0694. The van der Waals surface area contributed by atoms with Gasteiger partial charge in [-0.1, -0.05) is 40.3 Å². The third kappa shape index (κ3) is 3.31. The van der Waals surface area contributed by atoms with Gasteiger partial charge >= 0.3 is 0 Å². The molecule has 3 N–H and O–H groups in total. The molecule has 0 unspecified atom stereocenters. The summed E-state index contributed by atoms with van der Waals surface area (Å²) in [6.07, 6.45) is -1.90. The lowest BCUT2D eigenvalue weighted by Crippen LogP contribution is -2.48. The first-order chi connectivity index (χ1) is 9.35. The number of rotatable bonds is 4. The van der Waals surface area contributed by atoms with Gasteiger partial charge < -0.3 is 10.2 Å². The first kappa shape index (κ1) is 16.1. The van der Waals surface area contributed by atoms with E-state index >= 15 is 0 Å². The molecule has 1 aliphatic rings. The zero-order valence-electron chi connectivity index (χ0n) is 10.9. The number of alkyl halides is 1. The molecule has 1 saturated heterocycles. The first-order valence-corrected chi connectivity index (χ1v) is 9.14. The Balaban J connectivity index is 2.18. The van der Waals surface area contributed by atoms with Crippen molar-refractivity contribution in [1.82, 2.24) is 9.84 Å². The fourth-order valence-electron chi connectivity index (χ4n) is 2.09. The maximum absolute atomic E-state index is 12.3. The largest absolute Gasteiger partial charge is 0.389 e. The van der Waals surface area contributed by atoms with E-state index in [1.54, 1.807) is 12.1 Å². The second-order valence-electron chi connectivity index (χ2n) is 4.84. The summed E-state index contributed by atoms with van der Waals surface area (Å²) in [6, 6.07) is 6.06. The van der Waals surface area contributed by atoms with Crippen LogP contribution in [-0.2, 0) is 10.0 Å². The molecule has 8 heteroatoms. The van der Waals surface area contributed by atoms with E-state index in [0.717, 1.165) is 5.56 Å². The summed E-state index contributed by atoms with van der Waals surface area (Å²) < 4.78 is 25.0. The Morgan fingerprint density at radius 1 is 1.35 bits per heavy atom. The van der Waals surface area contributed by atoms with Crippen LogP contribution >= 0.6 is 22.6 Å². The number of aliphatic hydroxyl groups is 2. The van der Waals surface area contributed by atoms with Crippen LogP contribution in [0.3, 0.4) is 0 Å². The van der Waals surface area contributed by atoms with Crippen LogP contribution in [0.15, 0.2) is 29.2 Å². The highest BCUT2D eigenvalue weighted by atomic mass is 127. The third-order valence-corrected chi connectivity index (χ3v) is 5.57. The van der Waals surface area contributed by atoms with Crippen LogP contribution in [0.2, 0.25) is 0 Å². The number of nitrogens with zero attached hydrogens (tertiary/aromatic N) is 1. The van der Waals surface area contributed by atoms with Crippen molar-refractivity contribution in [1.29, 1.82) is 0 Å². The molecule has 0 aromatic heterocycles. The van der Waals surface area contributed by atoms with E-state index in [0.29, 0.717) is 4.43 Å². The van der Waals surface area contributed by atoms with Gasteiger partial charge in [-0.05, 0) is 19.1 Å². The Morgan fingerprint density at radius 2 is 1.95 bits per heavy atom. The molecule has 1 aromatic carbocycles. The maximum atomic E-state index is 12.3. The van der Waals surface area contributed by atoms with E-state index < -0.39 is 28.3 Å². The van der Waals surface area contributed by atoms with Gasteiger partial charge in [-0.15, -0.1) is 4.83 Å². The number of benzene rings is 1. The number of β-amino-alcohol motifs (C(OH)–C–C–N with tert-alkyl or cyclic N) is 1. The highest BCUT2D eigenvalue weighted by Gasteiger charge is 2.41. The van der Waals surface area contributed by atoms with E-state index in [2.05, 4.69) is 27.4 Å². The van der Waals surface area contributed by atoms with Crippen molar-refractivity contribution in [2.75, 3.05) is 11.0 Å². The molecule has 3 atom stereocenters. The van der Waals surface area contributed by atoms with E-state index in [9.17, 15) is 18.6 Å². The highest BCUT2D eigenvalue weighted by Crippen LogP contribution is 2.20. The summed E-state index contributed by atoms with van der Waals surface area (Å²) in [6.45, 7) is 1.95. The summed E-state index contributed by atoms with van der Waals surface area (Å²) >= 11 is 2.05. The molecule has 0 saturated carbocycles. The molecule has 112 valence electrons. The number of halogens is 1. The lowest BCUT2D eigenvalue weighted by molar-refractivity contribution is 0.0424. The van der Waals surface area contributed by atoms with Gasteiger partial charge in [0.05, 0.1) is 23.1 Å². The van der Waals surface area contributed by atoms with Crippen molar-refractivity contribution in [3.8, 4) is 0 Å². The molecule has 1 fully saturated rings. The molecule has 1 heterocycles. The zero-order chi connectivity index (χ0) is 14.9. The average Bonchev–Trinajstić information content (AvgIpc) is 2.64. The summed E-state index contributed by atoms with van der Waals surface area (Å²) in [5.74, 6) is 0. The smallest absolute Gasteiger partial charge is 0.253 e. The fraction of sp³-hybridized carbons (Fsp3) is 0.500. The Morgan fingerprint density at radius 3 is 2.50 bits per heavy atom. The second-order valence-corrected chi connectivity index (χ2v) is 7.38. The van der Waals surface area contributed by atoms with Gasteiger partial charge in [0.15, 0.2) is 0 Å². The van der Waals surface area contributed by atoms with E-state index in [1.807, 2.05) is 6.92 Å². The second kappa shape index (κ2) is 6.24. The van der Waals surface area contributed by atoms with Crippen molar-refractivity contribution in [2.24, 2.45) is 0 Å². The number of hydrazine groups is 1. The van der Waals surface area contributed by atoms with Crippen molar-refractivity contribution < 1.29 is 18.6 Å². The topological polar surface area (TPSA) is 89.9 Å². The Kier molecular flexibility index (Phi) is 5.03. The summed E-state index contributed by atoms with van der Waals surface area (Å²) in [4.78, 5) is 2.59. The maximum Gasteiger partial charge on any atom is 0.253 e. The van der Waals surface area contributed by atoms with Gasteiger partial charge in [0.2, 0.25) is 0 Å². The molecular formula is C12H17IN2O4S. The number of hydrogen-bond acceptors (Lipinski definition) is 5. The molecule has 2 rings (SSSR count). The molecule has 0 aliphatic carbocycles. The summed E-state index contributed by atoms with van der Waals surface area (Å²) in [5.41, 5.74) is 0.973. The van der Waals surface area contributed by atoms with Crippen LogP contribution < -0.4 is 4.83 Å². The highest BCUT2D eigenvalue weighted by molar-refractivity contribution is 14.1. The van der Waals surface area contributed by atoms with Gasteiger partial charge in [0, 0.05) is 11.0 Å². The minimum Gasteiger partial charge on any atom is -0.389 e. The van der Waals surface area contributed by atoms with Crippen LogP contribution in [0.5, 0.6) is 0 Å². The monoisotopic (exact) mass is 412 g/mol. The summed E-state index contributed by atoms with van der Waals surface area (Å²) in [5, 5.41) is 20.8. The quantitative estimate of drug-likeness (QED) is 0.480. The van der Waals surface area contributed by atoms with Crippen molar-refractivity contribution in [3.05, 3.63) is 29.8 Å². The lowest BCUT2D eigenvalue weighted by atomic mass is 10.2. The SMILES string of the molecule is Cc1ccc(S(=O)(=O)NN2C[C@@H](O)[C@@H](O)[C@H]2CI)cc1. The molecule has 0 amide bonds. The van der Waals surface area contributed by atoms with Crippen molar-refractivity contribution in [3.63, 3.8) is 0 Å². The van der Waals surface area contributed by atoms with Crippen LogP contribution in [0.1, 0.15) is 5.56 Å². The standard InChI is InChI=1S/C12H17IN2O4S/c1-8-2-4-9(5-3-8)20(18,19)14-15-7-11(16)12(17)10(15)6-13/h2-5,10-12,14,16-17H,6-7H2,1H3/t10-,11-,12+/m1/s1. The molecule has 6 nitrogen and oxygen atoms in total. The number of sulfonamides is 1. The van der Waals surface area contributed by atoms with Gasteiger partial charge in [0.1, 0.15) is 0 Å². The predicted octanol–water partition coefficient (Wildman–Crippen LogP) is 0.0293. The average molecular weight is 412 g/mol. The molecule has 1 aromatic rings. The lowest BCUT2D eigenvalue weighted by Gasteiger charge is -2.24. The normalized spacial score (nSPS) is 27.9. The van der Waals surface area contributed by atoms with E-state index in [1.165, 1.54) is 17.1 Å². The van der Waals surface area contributed by atoms with E-state index in [-0.39, 0.29) is 11.4 Å². The third-order valence-electron chi connectivity index (χ3n) is 3.30. The number of nitrogens with one attached hydrogen (secondary N) is 1. The Labute approximate surface area is 132 Å². The number of aliphatic hydroxyl groups excluding tert-OH is 2. The Bertz CT molecular complexity index is 563. The van der Waals surface area contributed by atoms with Crippen LogP contribution in [0.4, 0.5) is 0 Å².